The molecule has 1 aromatic carbocycles. The molecule has 0 unspecified atom stereocenters. The number of nitrogens with zero attached hydrogens (tertiary/aromatic N) is 1. The molecule has 0 saturated carbocycles. The highest BCUT2D eigenvalue weighted by Gasteiger charge is 2.39. The fourth-order valence-electron chi connectivity index (χ4n) is 4.18. The molecule has 2 aliphatic heterocycles. The highest BCUT2D eigenvalue weighted by Crippen LogP contribution is 2.32. The predicted molar refractivity (Wildman–Crippen MR) is 121 cm³/mol. The van der Waals surface area contributed by atoms with Crippen molar-refractivity contribution in [2.24, 2.45) is 0 Å². The number of carbonyl (C=O) groups excluding carboxylic acids is 3. The molecular formula is C23H27N3O5S. The highest BCUT2D eigenvalue weighted by atomic mass is 32.1. The lowest BCUT2D eigenvalue weighted by molar-refractivity contribution is -0.133. The van der Waals surface area contributed by atoms with Gasteiger partial charge in [-0.15, -0.1) is 11.3 Å². The minimum atomic E-state index is -0.316. The van der Waals surface area contributed by atoms with Gasteiger partial charge in [-0.2, -0.15) is 0 Å². The average Bonchev–Trinajstić information content (AvgIpc) is 3.32. The number of anilines is 1. The molecule has 32 heavy (non-hydrogen) atoms. The van der Waals surface area contributed by atoms with Crippen molar-refractivity contribution in [3.8, 4) is 5.75 Å². The van der Waals surface area contributed by atoms with E-state index in [0.717, 1.165) is 6.42 Å². The normalized spacial score (nSPS) is 22.6. The molecule has 2 N–H and O–H groups in total. The summed E-state index contributed by atoms with van der Waals surface area (Å²) in [6, 6.07) is 8.48. The molecule has 2 aliphatic rings. The number of hydrogen-bond acceptors (Lipinski definition) is 6. The molecule has 1 aromatic heterocycles. The van der Waals surface area contributed by atoms with Gasteiger partial charge in [0, 0.05) is 19.3 Å². The first-order valence-corrected chi connectivity index (χ1v) is 11.6. The summed E-state index contributed by atoms with van der Waals surface area (Å²) in [7, 11) is 1.76. The van der Waals surface area contributed by atoms with Crippen molar-refractivity contribution < 1.29 is 23.9 Å². The Labute approximate surface area is 190 Å². The van der Waals surface area contributed by atoms with Gasteiger partial charge in [0.1, 0.15) is 18.5 Å². The van der Waals surface area contributed by atoms with Crippen molar-refractivity contribution in [1.82, 2.24) is 10.2 Å². The second kappa shape index (κ2) is 9.70. The summed E-state index contributed by atoms with van der Waals surface area (Å²) in [5, 5.41) is 7.48. The maximum Gasteiger partial charge on any atom is 0.265 e. The summed E-state index contributed by atoms with van der Waals surface area (Å²) in [4.78, 5) is 39.9. The van der Waals surface area contributed by atoms with Crippen LogP contribution in [-0.2, 0) is 9.53 Å². The summed E-state index contributed by atoms with van der Waals surface area (Å²) in [6.45, 7) is 2.75. The van der Waals surface area contributed by atoms with Gasteiger partial charge in [0.2, 0.25) is 5.91 Å². The Morgan fingerprint density at radius 2 is 2.09 bits per heavy atom. The van der Waals surface area contributed by atoms with E-state index in [0.29, 0.717) is 41.3 Å². The topological polar surface area (TPSA) is 97.0 Å². The molecule has 8 nitrogen and oxygen atoms in total. The van der Waals surface area contributed by atoms with Crippen LogP contribution in [0.15, 0.2) is 35.7 Å². The third-order valence-corrected chi connectivity index (χ3v) is 6.67. The smallest absolute Gasteiger partial charge is 0.265 e. The average molecular weight is 458 g/mol. The number of fused-ring (bicyclic) bond motifs is 2. The van der Waals surface area contributed by atoms with E-state index in [4.69, 9.17) is 9.47 Å². The van der Waals surface area contributed by atoms with Gasteiger partial charge < -0.3 is 25.0 Å². The Bertz CT molecular complexity index is 994. The zero-order valence-electron chi connectivity index (χ0n) is 18.1. The number of carbonyl (C=O) groups is 3. The van der Waals surface area contributed by atoms with E-state index in [-0.39, 0.29) is 42.6 Å². The van der Waals surface area contributed by atoms with E-state index in [1.807, 2.05) is 18.4 Å². The van der Waals surface area contributed by atoms with Gasteiger partial charge in [0.05, 0.1) is 29.0 Å². The summed E-state index contributed by atoms with van der Waals surface area (Å²) in [5.74, 6) is 0.0117. The van der Waals surface area contributed by atoms with Crippen LogP contribution in [-0.4, -0.2) is 61.1 Å². The minimum absolute atomic E-state index is 0.0328. The van der Waals surface area contributed by atoms with E-state index in [9.17, 15) is 14.4 Å². The van der Waals surface area contributed by atoms with Crippen molar-refractivity contribution in [1.29, 1.82) is 0 Å². The number of amides is 3. The Morgan fingerprint density at radius 3 is 2.84 bits per heavy atom. The van der Waals surface area contributed by atoms with Crippen LogP contribution in [0.25, 0.3) is 0 Å². The van der Waals surface area contributed by atoms with Crippen molar-refractivity contribution in [2.45, 2.75) is 44.4 Å². The quantitative estimate of drug-likeness (QED) is 0.720. The summed E-state index contributed by atoms with van der Waals surface area (Å²) < 4.78 is 12.1. The molecule has 1 fully saturated rings. The number of benzene rings is 1. The molecule has 1 saturated heterocycles. The number of likely N-dealkylation sites (N-methyl/N-ethyl adjacent to an activating group) is 1. The van der Waals surface area contributed by atoms with E-state index in [1.165, 1.54) is 11.3 Å². The van der Waals surface area contributed by atoms with E-state index < -0.39 is 0 Å². The molecule has 0 spiro atoms. The predicted octanol–water partition coefficient (Wildman–Crippen LogP) is 2.91. The number of hydrogen-bond donors (Lipinski definition) is 2. The Morgan fingerprint density at radius 1 is 1.25 bits per heavy atom. The van der Waals surface area contributed by atoms with Crippen LogP contribution in [0.5, 0.6) is 5.75 Å². The van der Waals surface area contributed by atoms with Crippen LogP contribution < -0.4 is 15.4 Å². The van der Waals surface area contributed by atoms with Gasteiger partial charge in [-0.3, -0.25) is 14.4 Å². The number of nitrogens with one attached hydrogen (secondary N) is 2. The van der Waals surface area contributed by atoms with Crippen LogP contribution in [0, 0.1) is 0 Å². The van der Waals surface area contributed by atoms with Gasteiger partial charge in [-0.05, 0) is 49.4 Å². The monoisotopic (exact) mass is 457 g/mol. The first-order valence-electron chi connectivity index (χ1n) is 10.8. The van der Waals surface area contributed by atoms with Crippen molar-refractivity contribution in [3.63, 3.8) is 0 Å². The molecule has 2 aromatic rings. The maximum absolute atomic E-state index is 13.3. The molecule has 3 amide bonds. The molecule has 170 valence electrons. The number of rotatable bonds is 5. The molecular weight excluding hydrogens is 430 g/mol. The standard InChI is InChI=1S/C23H27N3O5S/c1-3-24-21(27)12-15-7-8-17-19(31-15)13-30-18-9-6-14(11-16(18)23(29)26(17)2)25-22(28)20-5-4-10-32-20/h4-6,9-11,15,17,19H,3,7-8,12-13H2,1-2H3,(H,24,27)(H,25,28)/t15-,17+,19-/m0/s1. The number of ether oxygens (including phenoxy) is 2. The van der Waals surface area contributed by atoms with Gasteiger partial charge in [0.25, 0.3) is 11.8 Å². The van der Waals surface area contributed by atoms with Gasteiger partial charge in [-0.1, -0.05) is 6.07 Å². The van der Waals surface area contributed by atoms with E-state index in [2.05, 4.69) is 10.6 Å². The molecule has 3 heterocycles. The summed E-state index contributed by atoms with van der Waals surface area (Å²) in [5.41, 5.74) is 0.936. The first kappa shape index (κ1) is 22.3. The number of thiophene rings is 1. The molecule has 0 aliphatic carbocycles. The van der Waals surface area contributed by atoms with Crippen molar-refractivity contribution in [3.05, 3.63) is 46.2 Å². The molecule has 0 bridgehead atoms. The maximum atomic E-state index is 13.3. The Kier molecular flexibility index (Phi) is 6.76. The Hall–Kier alpha value is -2.91. The molecule has 4 rings (SSSR count). The van der Waals surface area contributed by atoms with Gasteiger partial charge >= 0.3 is 0 Å². The second-order valence-corrected chi connectivity index (χ2v) is 8.92. The van der Waals surface area contributed by atoms with Crippen LogP contribution in [0.3, 0.4) is 0 Å². The van der Waals surface area contributed by atoms with Crippen molar-refractivity contribution >= 4 is 34.7 Å². The van der Waals surface area contributed by atoms with Crippen LogP contribution in [0.2, 0.25) is 0 Å². The minimum Gasteiger partial charge on any atom is -0.490 e. The lowest BCUT2D eigenvalue weighted by Crippen LogP contribution is -2.54. The lowest BCUT2D eigenvalue weighted by Gasteiger charge is -2.42. The summed E-state index contributed by atoms with van der Waals surface area (Å²) >= 11 is 1.35. The molecule has 9 heteroatoms. The zero-order chi connectivity index (χ0) is 22.7. The van der Waals surface area contributed by atoms with E-state index >= 15 is 0 Å². The van der Waals surface area contributed by atoms with Gasteiger partial charge in [0.15, 0.2) is 0 Å². The highest BCUT2D eigenvalue weighted by molar-refractivity contribution is 7.12. The molecule has 0 radical (unpaired) electrons. The summed E-state index contributed by atoms with van der Waals surface area (Å²) in [6.07, 6.45) is 1.22. The van der Waals surface area contributed by atoms with Crippen LogP contribution in [0.4, 0.5) is 5.69 Å². The largest absolute Gasteiger partial charge is 0.490 e. The lowest BCUT2D eigenvalue weighted by atomic mass is 9.94. The van der Waals surface area contributed by atoms with E-state index in [1.54, 1.807) is 36.2 Å². The SMILES string of the molecule is CCNC(=O)C[C@@H]1CC[C@@H]2[C@H](COc3ccc(NC(=O)c4cccs4)cc3C(=O)N2C)O1. The molecule has 3 atom stereocenters. The van der Waals surface area contributed by atoms with Gasteiger partial charge in [-0.25, -0.2) is 0 Å². The third kappa shape index (κ3) is 4.78. The fraction of sp³-hybridized carbons (Fsp3) is 0.435. The van der Waals surface area contributed by atoms with Crippen LogP contribution in [0.1, 0.15) is 46.2 Å². The van der Waals surface area contributed by atoms with Crippen molar-refractivity contribution in [2.75, 3.05) is 25.5 Å². The second-order valence-electron chi connectivity index (χ2n) is 7.97. The first-order chi connectivity index (χ1) is 15.5. The van der Waals surface area contributed by atoms with Crippen LogP contribution >= 0.6 is 11.3 Å². The zero-order valence-corrected chi connectivity index (χ0v) is 18.9. The fourth-order valence-corrected chi connectivity index (χ4v) is 4.80. The third-order valence-electron chi connectivity index (χ3n) is 5.80. The Balaban J connectivity index is 1.49.